The molecule has 0 bridgehead atoms. The first-order chi connectivity index (χ1) is 13.5. The lowest BCUT2D eigenvalue weighted by atomic mass is 10.1. The maximum absolute atomic E-state index is 11.8. The Kier molecular flexibility index (Phi) is 6.08. The van der Waals surface area contributed by atoms with E-state index in [1.165, 1.54) is 12.3 Å². The van der Waals surface area contributed by atoms with E-state index in [1.54, 1.807) is 54.6 Å². The first kappa shape index (κ1) is 19.2. The van der Waals surface area contributed by atoms with E-state index >= 15 is 0 Å². The van der Waals surface area contributed by atoms with Crippen molar-refractivity contribution in [1.29, 1.82) is 0 Å². The highest BCUT2D eigenvalue weighted by Crippen LogP contribution is 2.25. The van der Waals surface area contributed by atoms with Crippen LogP contribution in [0.3, 0.4) is 0 Å². The summed E-state index contributed by atoms with van der Waals surface area (Å²) in [5, 5.41) is 16.6. The third kappa shape index (κ3) is 4.99. The van der Waals surface area contributed by atoms with Crippen molar-refractivity contribution < 1.29 is 19.1 Å². The van der Waals surface area contributed by atoms with Crippen molar-refractivity contribution in [2.24, 2.45) is 5.10 Å². The summed E-state index contributed by atoms with van der Waals surface area (Å²) < 4.78 is 5.59. The molecule has 3 rings (SSSR count). The van der Waals surface area contributed by atoms with Gasteiger partial charge in [0.25, 0.3) is 5.91 Å². The van der Waals surface area contributed by atoms with Crippen molar-refractivity contribution in [3.63, 3.8) is 0 Å². The number of furan rings is 1. The van der Waals surface area contributed by atoms with Crippen molar-refractivity contribution >= 4 is 35.4 Å². The molecule has 0 spiro atoms. The predicted octanol–water partition coefficient (Wildman–Crippen LogP) is 3.86. The molecule has 28 heavy (non-hydrogen) atoms. The second-order valence-electron chi connectivity index (χ2n) is 5.71. The normalized spacial score (nSPS) is 10.8. The monoisotopic (exact) mass is 397 g/mol. The molecule has 8 heteroatoms. The van der Waals surface area contributed by atoms with Gasteiger partial charge in [-0.2, -0.15) is 5.10 Å². The van der Waals surface area contributed by atoms with E-state index in [1.807, 2.05) is 0 Å². The number of hydrazone groups is 1. The van der Waals surface area contributed by atoms with E-state index in [2.05, 4.69) is 15.8 Å². The van der Waals surface area contributed by atoms with Gasteiger partial charge in [-0.05, 0) is 42.5 Å². The standard InChI is InChI=1S/C20H16ClN3O4/c21-13-5-7-14(8-6-13)22-12-19(25)24-23-11-15-9-10-18(28-15)16-3-1-2-4-17(16)20(26)27/h1-11,22H,12H2,(H,24,25)(H,26,27)/b23-11-. The van der Waals surface area contributed by atoms with E-state index < -0.39 is 5.97 Å². The number of nitrogens with zero attached hydrogens (tertiary/aromatic N) is 1. The topological polar surface area (TPSA) is 104 Å². The maximum Gasteiger partial charge on any atom is 0.336 e. The Morgan fingerprint density at radius 2 is 1.82 bits per heavy atom. The lowest BCUT2D eigenvalue weighted by Crippen LogP contribution is -2.25. The quantitative estimate of drug-likeness (QED) is 0.415. The van der Waals surface area contributed by atoms with Gasteiger partial charge < -0.3 is 14.8 Å². The predicted molar refractivity (Wildman–Crippen MR) is 107 cm³/mol. The van der Waals surface area contributed by atoms with Crippen LogP contribution in [0.15, 0.2) is 70.2 Å². The van der Waals surface area contributed by atoms with Crippen molar-refractivity contribution in [2.75, 3.05) is 11.9 Å². The van der Waals surface area contributed by atoms with Crippen LogP contribution >= 0.6 is 11.6 Å². The van der Waals surface area contributed by atoms with Gasteiger partial charge in [0, 0.05) is 16.3 Å². The van der Waals surface area contributed by atoms with Crippen molar-refractivity contribution in [1.82, 2.24) is 5.43 Å². The molecule has 0 atom stereocenters. The highest BCUT2D eigenvalue weighted by atomic mass is 35.5. The molecule has 3 aromatic rings. The van der Waals surface area contributed by atoms with E-state index in [0.717, 1.165) is 5.69 Å². The Bertz CT molecular complexity index is 1010. The van der Waals surface area contributed by atoms with Crippen LogP contribution in [0.5, 0.6) is 0 Å². The van der Waals surface area contributed by atoms with Gasteiger partial charge in [0.1, 0.15) is 11.5 Å². The number of aromatic carboxylic acids is 1. The molecular formula is C20H16ClN3O4. The Balaban J connectivity index is 1.56. The third-order valence-corrected chi connectivity index (χ3v) is 3.98. The molecule has 142 valence electrons. The number of carboxylic acids is 1. The molecule has 1 heterocycles. The fourth-order valence-electron chi connectivity index (χ4n) is 2.41. The first-order valence-corrected chi connectivity index (χ1v) is 8.64. The van der Waals surface area contributed by atoms with Crippen molar-refractivity contribution in [3.05, 3.63) is 77.0 Å². The molecule has 0 unspecified atom stereocenters. The molecule has 3 N–H and O–H groups in total. The van der Waals surface area contributed by atoms with E-state index in [4.69, 9.17) is 16.0 Å². The number of anilines is 1. The van der Waals surface area contributed by atoms with Gasteiger partial charge in [-0.1, -0.05) is 29.8 Å². The fraction of sp³-hybridized carbons (Fsp3) is 0.0500. The minimum absolute atomic E-state index is 0.0361. The van der Waals surface area contributed by atoms with Gasteiger partial charge in [0.15, 0.2) is 0 Å². The highest BCUT2D eigenvalue weighted by molar-refractivity contribution is 6.30. The summed E-state index contributed by atoms with van der Waals surface area (Å²) in [5.74, 6) is -0.604. The number of nitrogens with one attached hydrogen (secondary N) is 2. The summed E-state index contributed by atoms with van der Waals surface area (Å²) in [6.45, 7) is 0.0361. The number of rotatable bonds is 7. The van der Waals surface area contributed by atoms with Crippen LogP contribution in [0.4, 0.5) is 5.69 Å². The summed E-state index contributed by atoms with van der Waals surface area (Å²) in [6, 6.07) is 16.8. The van der Waals surface area contributed by atoms with Crippen LogP contribution in [-0.4, -0.2) is 29.7 Å². The average Bonchev–Trinajstić information content (AvgIpc) is 3.16. The van der Waals surface area contributed by atoms with Crippen molar-refractivity contribution in [3.8, 4) is 11.3 Å². The minimum Gasteiger partial charge on any atom is -0.478 e. The van der Waals surface area contributed by atoms with Crippen LogP contribution in [0, 0.1) is 0 Å². The summed E-state index contributed by atoms with van der Waals surface area (Å²) in [6.07, 6.45) is 1.34. The van der Waals surface area contributed by atoms with Gasteiger partial charge in [0.2, 0.25) is 0 Å². The molecule has 0 aliphatic heterocycles. The number of amides is 1. The summed E-state index contributed by atoms with van der Waals surface area (Å²) in [4.78, 5) is 23.1. The number of hydrogen-bond donors (Lipinski definition) is 3. The number of carboxylic acid groups (broad SMARTS) is 1. The second kappa shape index (κ2) is 8.88. The van der Waals surface area contributed by atoms with Crippen LogP contribution < -0.4 is 10.7 Å². The van der Waals surface area contributed by atoms with Gasteiger partial charge in [-0.3, -0.25) is 4.79 Å². The first-order valence-electron chi connectivity index (χ1n) is 8.27. The lowest BCUT2D eigenvalue weighted by Gasteiger charge is -2.04. The average molecular weight is 398 g/mol. The SMILES string of the molecule is O=C(CNc1ccc(Cl)cc1)N/N=C\c1ccc(-c2ccccc2C(=O)O)o1. The van der Waals surface area contributed by atoms with Gasteiger partial charge in [0.05, 0.1) is 18.3 Å². The van der Waals surface area contributed by atoms with Crippen molar-refractivity contribution in [2.45, 2.75) is 0 Å². The maximum atomic E-state index is 11.8. The molecule has 0 radical (unpaired) electrons. The summed E-state index contributed by atoms with van der Waals surface area (Å²) >= 11 is 5.80. The summed E-state index contributed by atoms with van der Waals surface area (Å²) in [5.41, 5.74) is 3.74. The molecule has 0 saturated carbocycles. The van der Waals surface area contributed by atoms with Crippen LogP contribution in [0.25, 0.3) is 11.3 Å². The van der Waals surface area contributed by atoms with Crippen LogP contribution in [-0.2, 0) is 4.79 Å². The van der Waals surface area contributed by atoms with Gasteiger partial charge in [-0.15, -0.1) is 0 Å². The zero-order chi connectivity index (χ0) is 19.9. The molecule has 0 fully saturated rings. The summed E-state index contributed by atoms with van der Waals surface area (Å²) in [7, 11) is 0. The lowest BCUT2D eigenvalue weighted by molar-refractivity contribution is -0.119. The largest absolute Gasteiger partial charge is 0.478 e. The van der Waals surface area contributed by atoms with E-state index in [9.17, 15) is 14.7 Å². The van der Waals surface area contributed by atoms with Gasteiger partial charge in [-0.25, -0.2) is 10.2 Å². The molecule has 0 aliphatic rings. The van der Waals surface area contributed by atoms with Crippen LogP contribution in [0.1, 0.15) is 16.1 Å². The minimum atomic E-state index is -1.04. The molecular weight excluding hydrogens is 382 g/mol. The third-order valence-electron chi connectivity index (χ3n) is 3.73. The Morgan fingerprint density at radius 3 is 2.57 bits per heavy atom. The van der Waals surface area contributed by atoms with E-state index in [-0.39, 0.29) is 18.0 Å². The Labute approximate surface area is 165 Å². The molecule has 1 amide bonds. The number of halogens is 1. The fourth-order valence-corrected chi connectivity index (χ4v) is 2.53. The van der Waals surface area contributed by atoms with Gasteiger partial charge >= 0.3 is 5.97 Å². The highest BCUT2D eigenvalue weighted by Gasteiger charge is 2.13. The molecule has 0 saturated heterocycles. The number of benzene rings is 2. The Morgan fingerprint density at radius 1 is 1.07 bits per heavy atom. The smallest absolute Gasteiger partial charge is 0.336 e. The molecule has 7 nitrogen and oxygen atoms in total. The number of carbonyl (C=O) groups excluding carboxylic acids is 1. The molecule has 2 aromatic carbocycles. The van der Waals surface area contributed by atoms with E-state index in [0.29, 0.717) is 22.1 Å². The molecule has 0 aliphatic carbocycles. The van der Waals surface area contributed by atoms with Crippen LogP contribution in [0.2, 0.25) is 5.02 Å². The number of carbonyl (C=O) groups is 2. The molecule has 1 aromatic heterocycles. The zero-order valence-electron chi connectivity index (χ0n) is 14.6. The zero-order valence-corrected chi connectivity index (χ0v) is 15.3. The number of hydrogen-bond acceptors (Lipinski definition) is 5. The Hall–Kier alpha value is -3.58. The second-order valence-corrected chi connectivity index (χ2v) is 6.14.